The number of fused-ring (bicyclic) bond motifs is 1. The third-order valence-corrected chi connectivity index (χ3v) is 4.97. The van der Waals surface area contributed by atoms with Crippen LogP contribution in [0.3, 0.4) is 0 Å². The molecule has 25 heavy (non-hydrogen) atoms. The molecule has 0 saturated heterocycles. The largest absolute Gasteiger partial charge is 0.361 e. The predicted molar refractivity (Wildman–Crippen MR) is 92.3 cm³/mol. The maximum absolute atomic E-state index is 13.3. The van der Waals surface area contributed by atoms with E-state index in [2.05, 4.69) is 10.3 Å². The van der Waals surface area contributed by atoms with Gasteiger partial charge in [0.2, 0.25) is 5.91 Å². The average molecular weight is 340 g/mol. The molecule has 0 radical (unpaired) electrons. The van der Waals surface area contributed by atoms with E-state index in [-0.39, 0.29) is 29.4 Å². The van der Waals surface area contributed by atoms with Crippen LogP contribution in [0.4, 0.5) is 8.78 Å². The number of carbonyl (C=O) groups excluding carboxylic acids is 1. The molecule has 1 aliphatic carbocycles. The van der Waals surface area contributed by atoms with Gasteiger partial charge in [-0.25, -0.2) is 8.78 Å². The van der Waals surface area contributed by atoms with Gasteiger partial charge in [-0.3, -0.25) is 4.79 Å². The SMILES string of the molecule is O=C(Cc1ccc(F)cc1)NCC1(c2c[nH]c3cc(F)ccc23)CC1. The van der Waals surface area contributed by atoms with Gasteiger partial charge in [0.25, 0.3) is 0 Å². The lowest BCUT2D eigenvalue weighted by Gasteiger charge is -2.16. The Bertz CT molecular complexity index is 927. The average Bonchev–Trinajstić information content (AvgIpc) is 3.27. The van der Waals surface area contributed by atoms with Gasteiger partial charge in [-0.1, -0.05) is 12.1 Å². The van der Waals surface area contributed by atoms with Gasteiger partial charge >= 0.3 is 0 Å². The van der Waals surface area contributed by atoms with Gasteiger partial charge in [-0.2, -0.15) is 0 Å². The topological polar surface area (TPSA) is 44.9 Å². The Labute approximate surface area is 144 Å². The minimum absolute atomic E-state index is 0.0749. The van der Waals surface area contributed by atoms with Gasteiger partial charge in [0.1, 0.15) is 11.6 Å². The first-order valence-electron chi connectivity index (χ1n) is 8.34. The van der Waals surface area contributed by atoms with E-state index in [9.17, 15) is 13.6 Å². The molecule has 0 unspecified atom stereocenters. The molecular formula is C20H18F2N2O. The third-order valence-electron chi connectivity index (χ3n) is 4.97. The van der Waals surface area contributed by atoms with Crippen molar-refractivity contribution in [3.05, 3.63) is 71.4 Å². The van der Waals surface area contributed by atoms with Crippen LogP contribution in [0.1, 0.15) is 24.0 Å². The van der Waals surface area contributed by atoms with Crippen LogP contribution < -0.4 is 5.32 Å². The van der Waals surface area contributed by atoms with Gasteiger partial charge in [-0.05, 0) is 54.3 Å². The van der Waals surface area contributed by atoms with E-state index in [1.54, 1.807) is 18.2 Å². The van der Waals surface area contributed by atoms with Crippen LogP contribution in [0.25, 0.3) is 10.9 Å². The van der Waals surface area contributed by atoms with Crippen molar-refractivity contribution in [2.45, 2.75) is 24.7 Å². The number of halogens is 2. The fourth-order valence-electron chi connectivity index (χ4n) is 3.35. The quantitative estimate of drug-likeness (QED) is 0.728. The maximum Gasteiger partial charge on any atom is 0.224 e. The van der Waals surface area contributed by atoms with Gasteiger partial charge < -0.3 is 10.3 Å². The summed E-state index contributed by atoms with van der Waals surface area (Å²) in [4.78, 5) is 15.3. The van der Waals surface area contributed by atoms with Crippen molar-refractivity contribution in [3.8, 4) is 0 Å². The summed E-state index contributed by atoms with van der Waals surface area (Å²) < 4.78 is 26.3. The molecule has 0 atom stereocenters. The highest BCUT2D eigenvalue weighted by atomic mass is 19.1. The molecule has 128 valence electrons. The molecule has 5 heteroatoms. The Morgan fingerprint density at radius 3 is 2.52 bits per heavy atom. The number of carbonyl (C=O) groups is 1. The summed E-state index contributed by atoms with van der Waals surface area (Å²) in [6.45, 7) is 0.553. The Kier molecular flexibility index (Phi) is 3.79. The number of H-pyrrole nitrogens is 1. The Morgan fingerprint density at radius 1 is 1.08 bits per heavy atom. The van der Waals surface area contributed by atoms with Crippen LogP contribution in [0.5, 0.6) is 0 Å². The van der Waals surface area contributed by atoms with Crippen LogP contribution >= 0.6 is 0 Å². The van der Waals surface area contributed by atoms with E-state index in [1.807, 2.05) is 6.20 Å². The van der Waals surface area contributed by atoms with Crippen LogP contribution in [0.15, 0.2) is 48.7 Å². The molecule has 1 saturated carbocycles. The standard InChI is InChI=1S/C20H18F2N2O/c21-14-3-1-13(2-4-14)9-19(25)24-12-20(7-8-20)17-11-23-18-10-15(22)5-6-16(17)18/h1-6,10-11,23H,7-9,12H2,(H,24,25). The highest BCUT2D eigenvalue weighted by molar-refractivity contribution is 5.85. The zero-order valence-electron chi connectivity index (χ0n) is 13.6. The Hall–Kier alpha value is -2.69. The number of rotatable bonds is 5. The normalized spacial score (nSPS) is 15.3. The van der Waals surface area contributed by atoms with Crippen molar-refractivity contribution in [1.82, 2.24) is 10.3 Å². The predicted octanol–water partition coefficient (Wildman–Crippen LogP) is 3.84. The van der Waals surface area contributed by atoms with E-state index in [4.69, 9.17) is 0 Å². The second-order valence-corrected chi connectivity index (χ2v) is 6.75. The highest BCUT2D eigenvalue weighted by Crippen LogP contribution is 2.50. The van der Waals surface area contributed by atoms with Crippen LogP contribution in [-0.2, 0) is 16.6 Å². The first-order chi connectivity index (χ1) is 12.1. The molecule has 0 spiro atoms. The Morgan fingerprint density at radius 2 is 1.80 bits per heavy atom. The summed E-state index contributed by atoms with van der Waals surface area (Å²) in [5.41, 5.74) is 2.61. The molecule has 0 bridgehead atoms. The number of hydrogen-bond acceptors (Lipinski definition) is 1. The Balaban J connectivity index is 1.44. The van der Waals surface area contributed by atoms with Crippen molar-refractivity contribution >= 4 is 16.8 Å². The highest BCUT2D eigenvalue weighted by Gasteiger charge is 2.45. The van der Waals surface area contributed by atoms with Gasteiger partial charge in [-0.15, -0.1) is 0 Å². The van der Waals surface area contributed by atoms with Crippen molar-refractivity contribution in [2.24, 2.45) is 0 Å². The lowest BCUT2D eigenvalue weighted by Crippen LogP contribution is -2.33. The minimum atomic E-state index is -0.308. The lowest BCUT2D eigenvalue weighted by molar-refractivity contribution is -0.120. The van der Waals surface area contributed by atoms with E-state index < -0.39 is 0 Å². The van der Waals surface area contributed by atoms with E-state index in [0.29, 0.717) is 6.54 Å². The zero-order valence-corrected chi connectivity index (χ0v) is 13.6. The molecular weight excluding hydrogens is 322 g/mol. The molecule has 1 fully saturated rings. The fraction of sp³-hybridized carbons (Fsp3) is 0.250. The van der Waals surface area contributed by atoms with Crippen LogP contribution in [0, 0.1) is 11.6 Å². The molecule has 0 aliphatic heterocycles. The zero-order chi connectivity index (χ0) is 17.4. The van der Waals surface area contributed by atoms with E-state index in [1.165, 1.54) is 24.3 Å². The fourth-order valence-corrected chi connectivity index (χ4v) is 3.35. The third kappa shape index (κ3) is 3.14. The molecule has 3 nitrogen and oxygen atoms in total. The molecule has 1 amide bonds. The van der Waals surface area contributed by atoms with Crippen LogP contribution in [0.2, 0.25) is 0 Å². The summed E-state index contributed by atoms with van der Waals surface area (Å²) in [6, 6.07) is 10.7. The van der Waals surface area contributed by atoms with Gasteiger partial charge in [0.15, 0.2) is 0 Å². The molecule has 1 heterocycles. The monoisotopic (exact) mass is 340 g/mol. The number of benzene rings is 2. The van der Waals surface area contributed by atoms with Crippen molar-refractivity contribution in [3.63, 3.8) is 0 Å². The first-order valence-corrected chi connectivity index (χ1v) is 8.34. The minimum Gasteiger partial charge on any atom is -0.361 e. The van der Waals surface area contributed by atoms with Crippen molar-refractivity contribution in [2.75, 3.05) is 6.54 Å². The maximum atomic E-state index is 13.3. The molecule has 3 aromatic rings. The molecule has 1 aromatic heterocycles. The van der Waals surface area contributed by atoms with Gasteiger partial charge in [0, 0.05) is 29.1 Å². The number of nitrogens with one attached hydrogen (secondary N) is 2. The summed E-state index contributed by atoms with van der Waals surface area (Å²) >= 11 is 0. The summed E-state index contributed by atoms with van der Waals surface area (Å²) in [7, 11) is 0. The second kappa shape index (κ2) is 5.99. The smallest absolute Gasteiger partial charge is 0.224 e. The first kappa shape index (κ1) is 15.8. The number of aromatic amines is 1. The molecule has 1 aliphatic rings. The van der Waals surface area contributed by atoms with Crippen molar-refractivity contribution < 1.29 is 13.6 Å². The number of hydrogen-bond donors (Lipinski definition) is 2. The number of aromatic nitrogens is 1. The van der Waals surface area contributed by atoms with Crippen molar-refractivity contribution in [1.29, 1.82) is 0 Å². The second-order valence-electron chi connectivity index (χ2n) is 6.75. The summed E-state index contributed by atoms with van der Waals surface area (Å²) in [5.74, 6) is -0.654. The van der Waals surface area contributed by atoms with Crippen LogP contribution in [-0.4, -0.2) is 17.4 Å². The molecule has 4 rings (SSSR count). The van der Waals surface area contributed by atoms with Gasteiger partial charge in [0.05, 0.1) is 6.42 Å². The lowest BCUT2D eigenvalue weighted by atomic mass is 9.95. The number of amides is 1. The van der Waals surface area contributed by atoms with E-state index >= 15 is 0 Å². The van der Waals surface area contributed by atoms with E-state index in [0.717, 1.165) is 34.9 Å². The molecule has 2 N–H and O–H groups in total. The summed E-state index contributed by atoms with van der Waals surface area (Å²) in [6.07, 6.45) is 4.14. The molecule has 2 aromatic carbocycles. The summed E-state index contributed by atoms with van der Waals surface area (Å²) in [5, 5.41) is 4.00.